The van der Waals surface area contributed by atoms with Crippen molar-refractivity contribution in [2.75, 3.05) is 19.8 Å². The van der Waals surface area contributed by atoms with Gasteiger partial charge in [0.15, 0.2) is 0 Å². The van der Waals surface area contributed by atoms with E-state index < -0.39 is 11.9 Å². The molecule has 2 aliphatic carbocycles. The van der Waals surface area contributed by atoms with Crippen molar-refractivity contribution in [3.63, 3.8) is 0 Å². The largest absolute Gasteiger partial charge is 0.462 e. The van der Waals surface area contributed by atoms with E-state index >= 15 is 0 Å². The zero-order valence-electron chi connectivity index (χ0n) is 22.6. The van der Waals surface area contributed by atoms with Gasteiger partial charge in [0.1, 0.15) is 0 Å². The number of hydrogen-bond donors (Lipinski definition) is 1. The third-order valence-corrected chi connectivity index (χ3v) is 8.73. The lowest BCUT2D eigenvalue weighted by Gasteiger charge is -2.38. The van der Waals surface area contributed by atoms with Crippen LogP contribution >= 0.6 is 0 Å². The molecule has 0 radical (unpaired) electrons. The predicted octanol–water partition coefficient (Wildman–Crippen LogP) is 6.48. The Morgan fingerprint density at radius 2 is 1.58 bits per heavy atom. The number of hydrogen-bond acceptors (Lipinski definition) is 5. The van der Waals surface area contributed by atoms with Gasteiger partial charge >= 0.3 is 11.9 Å². The van der Waals surface area contributed by atoms with E-state index in [2.05, 4.69) is 13.5 Å². The van der Waals surface area contributed by atoms with Crippen LogP contribution in [0.25, 0.3) is 0 Å². The fourth-order valence-electron chi connectivity index (χ4n) is 6.65. The molecule has 2 saturated carbocycles. The molecule has 0 aromatic carbocycles. The summed E-state index contributed by atoms with van der Waals surface area (Å²) in [5, 5.41) is 9.49. The average molecular weight is 503 g/mol. The van der Waals surface area contributed by atoms with Crippen LogP contribution in [0.3, 0.4) is 0 Å². The Kier molecular flexibility index (Phi) is 14.9. The first-order valence-corrected chi connectivity index (χ1v) is 14.5. The van der Waals surface area contributed by atoms with E-state index in [9.17, 15) is 14.7 Å². The van der Waals surface area contributed by atoms with Crippen molar-refractivity contribution < 1.29 is 24.2 Å². The molecule has 2 fully saturated rings. The van der Waals surface area contributed by atoms with Crippen LogP contribution in [0.4, 0.5) is 0 Å². The number of ether oxygens (including phenoxy) is 2. The van der Waals surface area contributed by atoms with Crippen LogP contribution in [0.2, 0.25) is 0 Å². The molecule has 1 N–H and O–H groups in total. The lowest BCUT2D eigenvalue weighted by Crippen LogP contribution is -2.28. The molecule has 0 heterocycles. The van der Waals surface area contributed by atoms with Gasteiger partial charge in [-0.2, -0.15) is 0 Å². The van der Waals surface area contributed by atoms with Gasteiger partial charge in [-0.25, -0.2) is 9.59 Å². The summed E-state index contributed by atoms with van der Waals surface area (Å²) in [7, 11) is 0. The van der Waals surface area contributed by atoms with Crippen molar-refractivity contribution in [2.24, 2.45) is 35.5 Å². The summed E-state index contributed by atoms with van der Waals surface area (Å²) in [6.07, 6.45) is 24.9. The molecule has 2 aliphatic rings. The zero-order chi connectivity index (χ0) is 26.2. The summed E-state index contributed by atoms with van der Waals surface area (Å²) in [4.78, 5) is 23.1. The summed E-state index contributed by atoms with van der Waals surface area (Å²) >= 11 is 0. The standard InChI is InChI=1S/C31H50O5/c1-4-7-8-9-24-10-14-28(15-11-24)29-16-12-25(13-17-29)20-27(23-36-31(34)6-3)21-26(18-19-32)22-35-30(33)5-2/h2,6,24-29,32H,3-4,7-23H2,1H3. The molecule has 2 atom stereocenters. The molecular formula is C31H50O5. The van der Waals surface area contributed by atoms with Crippen molar-refractivity contribution in [3.05, 3.63) is 12.7 Å². The Labute approximate surface area is 219 Å². The van der Waals surface area contributed by atoms with Crippen molar-refractivity contribution >= 4 is 11.9 Å². The first-order valence-electron chi connectivity index (χ1n) is 14.5. The van der Waals surface area contributed by atoms with Gasteiger partial charge in [-0.1, -0.05) is 64.9 Å². The fraction of sp³-hybridized carbons (Fsp3) is 0.806. The van der Waals surface area contributed by atoms with Gasteiger partial charge in [-0.05, 0) is 80.5 Å². The fourth-order valence-corrected chi connectivity index (χ4v) is 6.65. The van der Waals surface area contributed by atoms with Gasteiger partial charge in [0.2, 0.25) is 0 Å². The molecule has 5 heteroatoms. The van der Waals surface area contributed by atoms with Crippen molar-refractivity contribution in [3.8, 4) is 12.3 Å². The number of carbonyl (C=O) groups excluding carboxylic acids is 2. The number of unbranched alkanes of at least 4 members (excludes halogenated alkanes) is 2. The Bertz CT molecular complexity index is 680. The predicted molar refractivity (Wildman–Crippen MR) is 144 cm³/mol. The average Bonchev–Trinajstić information content (AvgIpc) is 2.91. The molecule has 2 unspecified atom stereocenters. The normalized spacial score (nSPS) is 25.8. The number of rotatable bonds is 16. The minimum atomic E-state index is -0.680. The Morgan fingerprint density at radius 1 is 0.972 bits per heavy atom. The van der Waals surface area contributed by atoms with E-state index in [4.69, 9.17) is 15.9 Å². The van der Waals surface area contributed by atoms with Crippen LogP contribution in [-0.4, -0.2) is 36.9 Å². The van der Waals surface area contributed by atoms with E-state index in [-0.39, 0.29) is 25.0 Å². The highest BCUT2D eigenvalue weighted by atomic mass is 16.5. The van der Waals surface area contributed by atoms with Gasteiger partial charge in [0.25, 0.3) is 0 Å². The van der Waals surface area contributed by atoms with Crippen molar-refractivity contribution in [1.82, 2.24) is 0 Å². The summed E-state index contributed by atoms with van der Waals surface area (Å²) in [5.74, 6) is 4.41. The SMILES string of the molecule is C#CC(=O)OCC(CCO)CC(COC(=O)C=C)CC1CCC(C2CCC(CCCCC)CC2)CC1. The second-order valence-corrected chi connectivity index (χ2v) is 11.4. The highest BCUT2D eigenvalue weighted by molar-refractivity contribution is 5.87. The minimum Gasteiger partial charge on any atom is -0.462 e. The van der Waals surface area contributed by atoms with Crippen molar-refractivity contribution in [2.45, 2.75) is 103 Å². The van der Waals surface area contributed by atoms with E-state index in [1.807, 2.05) is 5.92 Å². The van der Waals surface area contributed by atoms with E-state index in [1.165, 1.54) is 83.1 Å². The molecule has 0 saturated heterocycles. The maximum Gasteiger partial charge on any atom is 0.384 e. The van der Waals surface area contributed by atoms with Crippen molar-refractivity contribution in [1.29, 1.82) is 0 Å². The van der Waals surface area contributed by atoms with E-state index in [0.717, 1.165) is 30.6 Å². The third-order valence-electron chi connectivity index (χ3n) is 8.73. The van der Waals surface area contributed by atoms with Crippen LogP contribution in [0.1, 0.15) is 103 Å². The molecule has 0 bridgehead atoms. The van der Waals surface area contributed by atoms with Crippen LogP contribution in [0.15, 0.2) is 12.7 Å². The summed E-state index contributed by atoms with van der Waals surface area (Å²) in [5.41, 5.74) is 0. The number of terminal acetylenes is 1. The van der Waals surface area contributed by atoms with Crippen LogP contribution in [0.5, 0.6) is 0 Å². The summed E-state index contributed by atoms with van der Waals surface area (Å²) in [6, 6.07) is 0. The Hall–Kier alpha value is -1.80. The van der Waals surface area contributed by atoms with Crippen LogP contribution < -0.4 is 0 Å². The highest BCUT2D eigenvalue weighted by Gasteiger charge is 2.32. The van der Waals surface area contributed by atoms with Gasteiger partial charge in [-0.15, -0.1) is 6.42 Å². The molecule has 0 aromatic heterocycles. The molecule has 0 spiro atoms. The monoisotopic (exact) mass is 502 g/mol. The van der Waals surface area contributed by atoms with Crippen LogP contribution in [0, 0.1) is 47.9 Å². The zero-order valence-corrected chi connectivity index (χ0v) is 22.6. The van der Waals surface area contributed by atoms with Gasteiger partial charge < -0.3 is 14.6 Å². The van der Waals surface area contributed by atoms with Crippen LogP contribution in [-0.2, 0) is 19.1 Å². The smallest absolute Gasteiger partial charge is 0.384 e. The van der Waals surface area contributed by atoms with E-state index in [1.54, 1.807) is 0 Å². The molecule has 2 rings (SSSR count). The molecule has 0 aliphatic heterocycles. The van der Waals surface area contributed by atoms with Gasteiger partial charge in [0.05, 0.1) is 13.2 Å². The second-order valence-electron chi connectivity index (χ2n) is 11.4. The number of esters is 2. The number of carbonyl (C=O) groups is 2. The molecule has 204 valence electrons. The Morgan fingerprint density at radius 3 is 2.14 bits per heavy atom. The lowest BCUT2D eigenvalue weighted by molar-refractivity contribution is -0.139. The topological polar surface area (TPSA) is 72.8 Å². The summed E-state index contributed by atoms with van der Waals surface area (Å²) in [6.45, 7) is 6.31. The summed E-state index contributed by atoms with van der Waals surface area (Å²) < 4.78 is 10.6. The van der Waals surface area contributed by atoms with Gasteiger partial charge in [0, 0.05) is 18.6 Å². The molecule has 0 amide bonds. The maximum absolute atomic E-state index is 11.7. The molecule has 36 heavy (non-hydrogen) atoms. The Balaban J connectivity index is 1.82. The quantitative estimate of drug-likeness (QED) is 0.0860. The minimum absolute atomic E-state index is 0.0106. The number of aliphatic hydroxyl groups excluding tert-OH is 1. The van der Waals surface area contributed by atoms with Gasteiger partial charge in [-0.3, -0.25) is 0 Å². The third kappa shape index (κ3) is 11.5. The molecule has 5 nitrogen and oxygen atoms in total. The maximum atomic E-state index is 11.7. The first kappa shape index (κ1) is 30.4. The number of aliphatic hydroxyl groups is 1. The molecular weight excluding hydrogens is 452 g/mol. The highest BCUT2D eigenvalue weighted by Crippen LogP contribution is 2.43. The second kappa shape index (κ2) is 17.6. The first-order chi connectivity index (χ1) is 17.5. The van der Waals surface area contributed by atoms with E-state index in [0.29, 0.717) is 18.9 Å². The molecule has 0 aromatic rings. The lowest BCUT2D eigenvalue weighted by atomic mass is 9.67.